The van der Waals surface area contributed by atoms with E-state index in [0.29, 0.717) is 0 Å². The monoisotopic (exact) mass is 1080 g/mol. The first kappa shape index (κ1) is 72.3. The third kappa shape index (κ3) is 33.5. The molecule has 0 radical (unpaired) electrons. The van der Waals surface area contributed by atoms with Gasteiger partial charge in [0.25, 0.3) is 0 Å². The van der Waals surface area contributed by atoms with Gasteiger partial charge in [0.1, 0.15) is 0 Å². The molecule has 4 atom stereocenters. The molecule has 0 aromatic carbocycles. The summed E-state index contributed by atoms with van der Waals surface area (Å²) >= 11 is 0. The van der Waals surface area contributed by atoms with E-state index in [1.165, 1.54) is 27.7 Å². The summed E-state index contributed by atoms with van der Waals surface area (Å²) in [7, 11) is 0. The molecule has 0 aliphatic rings. The fourth-order valence-electron chi connectivity index (χ4n) is 4.65. The van der Waals surface area contributed by atoms with Gasteiger partial charge in [0.05, 0.1) is 78.5 Å². The standard InChI is InChI=1S/4C10H16O7.Zr/c4*1-3-16-8(13)6-10(15,5-7(11)12)9(14)17-4-2;/h4*15H,3-6H2,1-2H3,(H,11,12);/q;;;;+4/p-4. The molecule has 69 heavy (non-hydrogen) atoms. The third-order valence-corrected chi connectivity index (χ3v) is 7.34. The minimum absolute atomic E-state index is 0. The Bertz CT molecular complexity index is 1440. The maximum atomic E-state index is 11.4. The molecule has 0 fully saturated rings. The van der Waals surface area contributed by atoms with Crippen LogP contribution in [0, 0.1) is 0 Å². The molecule has 0 bridgehead atoms. The molecule has 0 aliphatic heterocycles. The normalized spacial score (nSPS) is 13.4. The average Bonchev–Trinajstić information content (AvgIpc) is 3.18. The molecule has 0 saturated carbocycles. The minimum Gasteiger partial charge on any atom is -0.550 e. The molecule has 29 heteroatoms. The van der Waals surface area contributed by atoms with E-state index in [9.17, 15) is 98.4 Å². The molecule has 0 aromatic heterocycles. The first-order valence-electron chi connectivity index (χ1n) is 20.4. The van der Waals surface area contributed by atoms with Crippen molar-refractivity contribution >= 4 is 71.6 Å². The van der Waals surface area contributed by atoms with E-state index in [1.807, 2.05) is 0 Å². The van der Waals surface area contributed by atoms with Crippen LogP contribution in [0.3, 0.4) is 0 Å². The predicted molar refractivity (Wildman–Crippen MR) is 210 cm³/mol. The van der Waals surface area contributed by atoms with Crippen LogP contribution in [0.25, 0.3) is 0 Å². The summed E-state index contributed by atoms with van der Waals surface area (Å²) in [5.41, 5.74) is -9.77. The second-order valence-corrected chi connectivity index (χ2v) is 13.1. The number of carbonyl (C=O) groups is 12. The van der Waals surface area contributed by atoms with Crippen molar-refractivity contribution < 1.29 is 162 Å². The molecule has 4 N–H and O–H groups in total. The van der Waals surface area contributed by atoms with Crippen LogP contribution in [-0.2, 0) is 122 Å². The van der Waals surface area contributed by atoms with Gasteiger partial charge in [0, 0.05) is 49.6 Å². The Hall–Kier alpha value is -5.64. The number of aliphatic hydroxyl groups is 4. The summed E-state index contributed by atoms with van der Waals surface area (Å²) in [6.45, 7) is 12.2. The summed E-state index contributed by atoms with van der Waals surface area (Å²) in [6, 6.07) is 0. The number of rotatable bonds is 28. The van der Waals surface area contributed by atoms with Gasteiger partial charge < -0.3 is 97.9 Å². The van der Waals surface area contributed by atoms with E-state index in [0.717, 1.165) is 0 Å². The van der Waals surface area contributed by atoms with Crippen molar-refractivity contribution in [3.8, 4) is 0 Å². The molecule has 0 aromatic rings. The van der Waals surface area contributed by atoms with Crippen LogP contribution in [0.5, 0.6) is 0 Å². The van der Waals surface area contributed by atoms with Crippen molar-refractivity contribution in [1.82, 2.24) is 0 Å². The number of ether oxygens (including phenoxy) is 8. The summed E-state index contributed by atoms with van der Waals surface area (Å²) in [4.78, 5) is 132. The molecule has 4 unspecified atom stereocenters. The van der Waals surface area contributed by atoms with Gasteiger partial charge in [-0.15, -0.1) is 0 Å². The Morgan fingerprint density at radius 3 is 0.522 bits per heavy atom. The predicted octanol–water partition coefficient (Wildman–Crippen LogP) is -6.51. The number of carboxylic acid groups (broad SMARTS) is 4. The zero-order valence-electron chi connectivity index (χ0n) is 39.4. The van der Waals surface area contributed by atoms with Gasteiger partial charge in [-0.1, -0.05) is 0 Å². The van der Waals surface area contributed by atoms with Crippen LogP contribution < -0.4 is 20.4 Å². The molecule has 0 heterocycles. The average molecular weight is 1080 g/mol. The number of carbonyl (C=O) groups excluding carboxylic acids is 12. The van der Waals surface area contributed by atoms with Crippen LogP contribution in [0.4, 0.5) is 0 Å². The topological polar surface area (TPSA) is 452 Å². The molecule has 0 rings (SSSR count). The second-order valence-electron chi connectivity index (χ2n) is 13.1. The SMILES string of the molecule is CCOC(=O)CC(O)(CC(=O)[O-])C(=O)OCC.CCOC(=O)CC(O)(CC(=O)[O-])C(=O)OCC.CCOC(=O)CC(O)(CC(=O)[O-])C(=O)OCC.CCOC(=O)CC(O)(CC(=O)[O-])C(=O)OCC.[Zr+4]. The molecule has 0 spiro atoms. The van der Waals surface area contributed by atoms with E-state index in [1.54, 1.807) is 27.7 Å². The Morgan fingerprint density at radius 1 is 0.290 bits per heavy atom. The van der Waals surface area contributed by atoms with Gasteiger partial charge >= 0.3 is 74.0 Å². The summed E-state index contributed by atoms with van der Waals surface area (Å²) < 4.78 is 36.1. The zero-order chi connectivity index (χ0) is 53.9. The van der Waals surface area contributed by atoms with Gasteiger partial charge in [0.15, 0.2) is 22.4 Å². The Labute approximate surface area is 414 Å². The fourth-order valence-corrected chi connectivity index (χ4v) is 4.65. The van der Waals surface area contributed by atoms with Crippen LogP contribution in [0.2, 0.25) is 0 Å². The smallest absolute Gasteiger partial charge is 0.550 e. The van der Waals surface area contributed by atoms with Crippen LogP contribution >= 0.6 is 0 Å². The van der Waals surface area contributed by atoms with E-state index < -0.39 is 145 Å². The second kappa shape index (κ2) is 38.2. The van der Waals surface area contributed by atoms with Crippen molar-refractivity contribution in [1.29, 1.82) is 0 Å². The number of esters is 8. The minimum atomic E-state index is -2.44. The van der Waals surface area contributed by atoms with Gasteiger partial charge in [-0.05, 0) is 55.4 Å². The maximum Gasteiger partial charge on any atom is 4.00 e. The van der Waals surface area contributed by atoms with Crippen molar-refractivity contribution in [2.24, 2.45) is 0 Å². The van der Waals surface area contributed by atoms with Crippen molar-refractivity contribution in [2.75, 3.05) is 52.9 Å². The van der Waals surface area contributed by atoms with E-state index >= 15 is 0 Å². The first-order valence-corrected chi connectivity index (χ1v) is 20.4. The molecular formula is C40H60O28Zr. The van der Waals surface area contributed by atoms with Crippen LogP contribution in [0.15, 0.2) is 0 Å². The first-order chi connectivity index (χ1) is 31.4. The van der Waals surface area contributed by atoms with Crippen LogP contribution in [0.1, 0.15) is 107 Å². The van der Waals surface area contributed by atoms with Crippen LogP contribution in [-0.4, -0.2) is 167 Å². The number of aliphatic carboxylic acids is 4. The molecular weight excluding hydrogens is 1020 g/mol. The van der Waals surface area contributed by atoms with Gasteiger partial charge in [-0.2, -0.15) is 0 Å². The van der Waals surface area contributed by atoms with Gasteiger partial charge in [-0.3, -0.25) is 19.2 Å². The maximum absolute atomic E-state index is 11.4. The van der Waals surface area contributed by atoms with Gasteiger partial charge in [0.2, 0.25) is 0 Å². The van der Waals surface area contributed by atoms with Gasteiger partial charge in [-0.25, -0.2) is 19.2 Å². The Morgan fingerprint density at radius 2 is 0.420 bits per heavy atom. The third-order valence-electron chi connectivity index (χ3n) is 7.34. The van der Waals surface area contributed by atoms with E-state index in [-0.39, 0.29) is 79.1 Å². The molecule has 0 aliphatic carbocycles. The fraction of sp³-hybridized carbons (Fsp3) is 0.700. The summed E-state index contributed by atoms with van der Waals surface area (Å²) in [5.74, 6) is -14.9. The number of carboxylic acids is 4. The van der Waals surface area contributed by atoms with Crippen molar-refractivity contribution in [3.63, 3.8) is 0 Å². The van der Waals surface area contributed by atoms with Crippen molar-refractivity contribution in [3.05, 3.63) is 0 Å². The molecule has 392 valence electrons. The summed E-state index contributed by atoms with van der Waals surface area (Å²) in [5, 5.41) is 80.9. The van der Waals surface area contributed by atoms with Crippen molar-refractivity contribution in [2.45, 2.75) is 129 Å². The zero-order valence-corrected chi connectivity index (χ0v) is 41.9. The van der Waals surface area contributed by atoms with E-state index in [2.05, 4.69) is 37.9 Å². The summed E-state index contributed by atoms with van der Waals surface area (Å²) in [6.07, 6.45) is -7.23. The Balaban J connectivity index is -0.000000263. The number of hydrogen-bond acceptors (Lipinski definition) is 28. The quantitative estimate of drug-likeness (QED) is 0.0418. The Kier molecular flexibility index (Phi) is 40.1. The number of hydrogen-bond donors (Lipinski definition) is 4. The molecule has 0 amide bonds. The molecule has 28 nitrogen and oxygen atoms in total. The molecule has 0 saturated heterocycles. The largest absolute Gasteiger partial charge is 4.00 e. The van der Waals surface area contributed by atoms with E-state index in [4.69, 9.17) is 0 Å².